The topological polar surface area (TPSA) is 24.5 Å². The molecule has 0 aromatic heterocycles. The highest BCUT2D eigenvalue weighted by Crippen LogP contribution is 2.31. The quantitative estimate of drug-likeness (QED) is 0.740. The summed E-state index contributed by atoms with van der Waals surface area (Å²) < 4.78 is 5.29. The lowest BCUT2D eigenvalue weighted by Gasteiger charge is -2.52. The Bertz CT molecular complexity index is 264. The third kappa shape index (κ3) is 4.44. The molecule has 2 atom stereocenters. The van der Waals surface area contributed by atoms with Gasteiger partial charge in [-0.25, -0.2) is 0 Å². The van der Waals surface area contributed by atoms with E-state index >= 15 is 0 Å². The average molecular weight is 284 g/mol. The Morgan fingerprint density at radius 1 is 1.25 bits per heavy atom. The Kier molecular flexibility index (Phi) is 7.49. The molecule has 1 fully saturated rings. The van der Waals surface area contributed by atoms with Gasteiger partial charge in [0.1, 0.15) is 0 Å². The lowest BCUT2D eigenvalue weighted by Crippen LogP contribution is -2.66. The van der Waals surface area contributed by atoms with E-state index in [0.29, 0.717) is 17.6 Å². The van der Waals surface area contributed by atoms with Crippen molar-refractivity contribution in [1.29, 1.82) is 0 Å². The summed E-state index contributed by atoms with van der Waals surface area (Å²) in [6.07, 6.45) is 4.86. The molecule has 0 aromatic carbocycles. The van der Waals surface area contributed by atoms with Gasteiger partial charge in [0.15, 0.2) is 0 Å². The number of hydrogen-bond acceptors (Lipinski definition) is 3. The van der Waals surface area contributed by atoms with Crippen LogP contribution in [0.15, 0.2) is 0 Å². The van der Waals surface area contributed by atoms with Crippen LogP contribution in [-0.2, 0) is 4.74 Å². The molecule has 1 aliphatic heterocycles. The van der Waals surface area contributed by atoms with Crippen molar-refractivity contribution in [3.8, 4) is 0 Å². The minimum Gasteiger partial charge on any atom is -0.385 e. The molecule has 0 saturated carbocycles. The number of nitrogens with one attached hydrogen (secondary N) is 1. The summed E-state index contributed by atoms with van der Waals surface area (Å²) in [4.78, 5) is 2.77. The fraction of sp³-hybridized carbons (Fsp3) is 1.00. The maximum atomic E-state index is 5.29. The standard InChI is InChI=1S/C17H36N2O/c1-7-17(8-2)13-18-16(11-14(3)4)12-19(17)15(5)9-10-20-6/h14-16,18H,7-13H2,1-6H3. The molecule has 1 heterocycles. The van der Waals surface area contributed by atoms with Crippen LogP contribution < -0.4 is 5.32 Å². The van der Waals surface area contributed by atoms with Crippen LogP contribution in [0, 0.1) is 5.92 Å². The van der Waals surface area contributed by atoms with Crippen LogP contribution in [0.1, 0.15) is 60.3 Å². The summed E-state index contributed by atoms with van der Waals surface area (Å²) in [6, 6.07) is 1.25. The molecule has 2 unspecified atom stereocenters. The van der Waals surface area contributed by atoms with Gasteiger partial charge in [-0.3, -0.25) is 4.90 Å². The van der Waals surface area contributed by atoms with Gasteiger partial charge in [-0.15, -0.1) is 0 Å². The van der Waals surface area contributed by atoms with Gasteiger partial charge < -0.3 is 10.1 Å². The van der Waals surface area contributed by atoms with Gasteiger partial charge in [0.2, 0.25) is 0 Å². The van der Waals surface area contributed by atoms with E-state index in [0.717, 1.165) is 25.5 Å². The molecular weight excluding hydrogens is 248 g/mol. The Hall–Kier alpha value is -0.120. The predicted octanol–water partition coefficient (Wildman–Crippen LogP) is 3.29. The number of methoxy groups -OCH3 is 1. The molecule has 1 aliphatic rings. The van der Waals surface area contributed by atoms with Crippen molar-refractivity contribution < 1.29 is 4.74 Å². The van der Waals surface area contributed by atoms with Gasteiger partial charge in [0.25, 0.3) is 0 Å². The van der Waals surface area contributed by atoms with Crippen LogP contribution in [0.3, 0.4) is 0 Å². The number of ether oxygens (including phenoxy) is 1. The molecule has 0 aromatic rings. The first-order valence-corrected chi connectivity index (χ1v) is 8.48. The maximum Gasteiger partial charge on any atom is 0.0477 e. The number of nitrogens with zero attached hydrogens (tertiary/aromatic N) is 1. The highest BCUT2D eigenvalue weighted by Gasteiger charge is 2.40. The van der Waals surface area contributed by atoms with Crippen molar-refractivity contribution in [2.24, 2.45) is 5.92 Å². The maximum absolute atomic E-state index is 5.29. The van der Waals surface area contributed by atoms with Crippen LogP contribution in [0.5, 0.6) is 0 Å². The fourth-order valence-corrected chi connectivity index (χ4v) is 3.66. The van der Waals surface area contributed by atoms with Gasteiger partial charge in [-0.2, -0.15) is 0 Å². The molecule has 120 valence electrons. The van der Waals surface area contributed by atoms with Gasteiger partial charge in [-0.1, -0.05) is 27.7 Å². The van der Waals surface area contributed by atoms with Gasteiger partial charge in [-0.05, 0) is 38.5 Å². The lowest BCUT2D eigenvalue weighted by atomic mass is 9.84. The molecule has 0 radical (unpaired) electrons. The largest absolute Gasteiger partial charge is 0.385 e. The predicted molar refractivity (Wildman–Crippen MR) is 87.2 cm³/mol. The lowest BCUT2D eigenvalue weighted by molar-refractivity contribution is -0.0113. The van der Waals surface area contributed by atoms with E-state index in [1.54, 1.807) is 7.11 Å². The van der Waals surface area contributed by atoms with E-state index in [4.69, 9.17) is 4.74 Å². The Morgan fingerprint density at radius 3 is 2.40 bits per heavy atom. The Morgan fingerprint density at radius 2 is 1.90 bits per heavy atom. The van der Waals surface area contributed by atoms with E-state index in [1.165, 1.54) is 25.8 Å². The minimum atomic E-state index is 0.334. The van der Waals surface area contributed by atoms with Crippen molar-refractivity contribution >= 4 is 0 Å². The normalized spacial score (nSPS) is 25.1. The molecule has 1 N–H and O–H groups in total. The number of piperazine rings is 1. The molecule has 1 rings (SSSR count). The zero-order chi connectivity index (χ0) is 15.2. The summed E-state index contributed by atoms with van der Waals surface area (Å²) in [5, 5.41) is 3.81. The fourth-order valence-electron chi connectivity index (χ4n) is 3.66. The summed E-state index contributed by atoms with van der Waals surface area (Å²) in [6.45, 7) is 14.9. The highest BCUT2D eigenvalue weighted by atomic mass is 16.5. The van der Waals surface area contributed by atoms with E-state index in [2.05, 4.69) is 44.8 Å². The molecule has 20 heavy (non-hydrogen) atoms. The summed E-state index contributed by atoms with van der Waals surface area (Å²) >= 11 is 0. The summed E-state index contributed by atoms with van der Waals surface area (Å²) in [5.41, 5.74) is 0.334. The summed E-state index contributed by atoms with van der Waals surface area (Å²) in [5.74, 6) is 0.763. The molecule has 0 aliphatic carbocycles. The van der Waals surface area contributed by atoms with Gasteiger partial charge in [0.05, 0.1) is 0 Å². The zero-order valence-corrected chi connectivity index (χ0v) is 14.5. The van der Waals surface area contributed by atoms with Crippen molar-refractivity contribution in [2.75, 3.05) is 26.8 Å². The van der Waals surface area contributed by atoms with E-state index < -0.39 is 0 Å². The number of rotatable bonds is 8. The number of hydrogen-bond donors (Lipinski definition) is 1. The van der Waals surface area contributed by atoms with Crippen LogP contribution in [-0.4, -0.2) is 49.3 Å². The Labute approximate surface area is 126 Å². The molecular formula is C17H36N2O. The summed E-state index contributed by atoms with van der Waals surface area (Å²) in [7, 11) is 1.80. The second kappa shape index (κ2) is 8.35. The van der Waals surface area contributed by atoms with Crippen LogP contribution in [0.2, 0.25) is 0 Å². The average Bonchev–Trinajstić information content (AvgIpc) is 2.44. The first-order chi connectivity index (χ1) is 9.49. The van der Waals surface area contributed by atoms with E-state index in [9.17, 15) is 0 Å². The van der Waals surface area contributed by atoms with Gasteiger partial charge in [0, 0.05) is 44.4 Å². The smallest absolute Gasteiger partial charge is 0.0477 e. The van der Waals surface area contributed by atoms with Crippen LogP contribution in [0.25, 0.3) is 0 Å². The van der Waals surface area contributed by atoms with Crippen molar-refractivity contribution in [3.05, 3.63) is 0 Å². The van der Waals surface area contributed by atoms with E-state index in [-0.39, 0.29) is 0 Å². The first kappa shape index (κ1) is 17.9. The molecule has 3 heteroatoms. The van der Waals surface area contributed by atoms with Gasteiger partial charge >= 0.3 is 0 Å². The minimum absolute atomic E-state index is 0.334. The van der Waals surface area contributed by atoms with Crippen LogP contribution in [0.4, 0.5) is 0 Å². The van der Waals surface area contributed by atoms with Crippen LogP contribution >= 0.6 is 0 Å². The third-order valence-electron chi connectivity index (χ3n) is 5.09. The molecule has 0 spiro atoms. The molecule has 3 nitrogen and oxygen atoms in total. The highest BCUT2D eigenvalue weighted by molar-refractivity contribution is 4.99. The van der Waals surface area contributed by atoms with Crippen molar-refractivity contribution in [2.45, 2.75) is 77.9 Å². The van der Waals surface area contributed by atoms with Crippen molar-refractivity contribution in [3.63, 3.8) is 0 Å². The zero-order valence-electron chi connectivity index (χ0n) is 14.5. The second-order valence-electron chi connectivity index (χ2n) is 6.92. The first-order valence-electron chi connectivity index (χ1n) is 8.48. The Balaban J connectivity index is 2.77. The SMILES string of the molecule is CCC1(CC)CNC(CC(C)C)CN1C(C)CCOC. The molecule has 1 saturated heterocycles. The molecule has 0 amide bonds. The monoisotopic (exact) mass is 284 g/mol. The van der Waals surface area contributed by atoms with E-state index in [1.807, 2.05) is 0 Å². The van der Waals surface area contributed by atoms with Crippen molar-refractivity contribution in [1.82, 2.24) is 10.2 Å². The third-order valence-corrected chi connectivity index (χ3v) is 5.09. The second-order valence-corrected chi connectivity index (χ2v) is 6.92. The molecule has 0 bridgehead atoms.